The minimum Gasteiger partial charge on any atom is -0.495 e. The average molecular weight is 232 g/mol. The number of hydrogen-bond donors (Lipinski definition) is 1. The van der Waals surface area contributed by atoms with Crippen LogP contribution in [0.5, 0.6) is 5.75 Å². The van der Waals surface area contributed by atoms with E-state index in [1.165, 1.54) is 0 Å². The molecule has 2 aromatic carbocycles. The molecule has 16 heavy (non-hydrogen) atoms. The van der Waals surface area contributed by atoms with Crippen molar-refractivity contribution in [2.75, 3.05) is 7.11 Å². The Bertz CT molecular complexity index is 672. The molecule has 80 valence electrons. The summed E-state index contributed by atoms with van der Waals surface area (Å²) in [5.74, 6) is 0.707. The van der Waals surface area contributed by atoms with E-state index in [1.807, 2.05) is 30.3 Å². The first-order valence-corrected chi connectivity index (χ1v) is 5.42. The normalized spacial score (nSPS) is 11.1. The number of rotatable bonds is 1. The number of para-hydroxylation sites is 1. The molecule has 3 rings (SSSR count). The van der Waals surface area contributed by atoms with Gasteiger partial charge >= 0.3 is 0 Å². The molecule has 1 heterocycles. The first-order chi connectivity index (χ1) is 7.81. The van der Waals surface area contributed by atoms with E-state index in [2.05, 4.69) is 11.1 Å². The van der Waals surface area contributed by atoms with Crippen molar-refractivity contribution in [2.45, 2.75) is 0 Å². The van der Waals surface area contributed by atoms with Crippen LogP contribution in [-0.4, -0.2) is 12.1 Å². The lowest BCUT2D eigenvalue weighted by Crippen LogP contribution is -1.83. The minimum atomic E-state index is 0.664. The van der Waals surface area contributed by atoms with Crippen LogP contribution in [-0.2, 0) is 0 Å². The fourth-order valence-corrected chi connectivity index (χ4v) is 2.38. The van der Waals surface area contributed by atoms with Gasteiger partial charge in [-0.3, -0.25) is 0 Å². The summed E-state index contributed by atoms with van der Waals surface area (Å²) >= 11 is 6.32. The van der Waals surface area contributed by atoms with Crippen molar-refractivity contribution in [1.29, 1.82) is 0 Å². The van der Waals surface area contributed by atoms with Gasteiger partial charge in [0.05, 0.1) is 12.1 Å². The highest BCUT2D eigenvalue weighted by Gasteiger charge is 2.10. The number of methoxy groups -OCH3 is 1. The molecule has 0 spiro atoms. The van der Waals surface area contributed by atoms with Gasteiger partial charge in [-0.15, -0.1) is 0 Å². The second-order valence-electron chi connectivity index (χ2n) is 3.67. The van der Waals surface area contributed by atoms with Gasteiger partial charge in [-0.1, -0.05) is 29.8 Å². The smallest absolute Gasteiger partial charge is 0.138 e. The summed E-state index contributed by atoms with van der Waals surface area (Å²) < 4.78 is 5.23. The fourth-order valence-electron chi connectivity index (χ4n) is 2.04. The molecule has 0 atom stereocenters. The minimum absolute atomic E-state index is 0.664. The number of aromatic amines is 1. The Balaban J connectivity index is 2.53. The Morgan fingerprint density at radius 1 is 1.06 bits per heavy atom. The fraction of sp³-hybridized carbons (Fsp3) is 0.0769. The topological polar surface area (TPSA) is 25.0 Å². The van der Waals surface area contributed by atoms with Crippen molar-refractivity contribution in [2.24, 2.45) is 0 Å². The predicted molar refractivity (Wildman–Crippen MR) is 67.4 cm³/mol. The number of fused-ring (bicyclic) bond motifs is 3. The molecule has 1 aromatic heterocycles. The molecule has 0 aliphatic carbocycles. The molecule has 1 N–H and O–H groups in total. The van der Waals surface area contributed by atoms with Gasteiger partial charge in [0, 0.05) is 21.8 Å². The molecule has 2 nitrogen and oxygen atoms in total. The van der Waals surface area contributed by atoms with E-state index in [-0.39, 0.29) is 0 Å². The average Bonchev–Trinajstić information content (AvgIpc) is 2.68. The highest BCUT2D eigenvalue weighted by molar-refractivity contribution is 6.39. The van der Waals surface area contributed by atoms with Crippen molar-refractivity contribution in [1.82, 2.24) is 4.98 Å². The van der Waals surface area contributed by atoms with E-state index in [0.717, 1.165) is 21.8 Å². The van der Waals surface area contributed by atoms with E-state index in [9.17, 15) is 0 Å². The lowest BCUT2D eigenvalue weighted by atomic mass is 10.1. The third-order valence-corrected chi connectivity index (χ3v) is 3.17. The van der Waals surface area contributed by atoms with Gasteiger partial charge in [0.15, 0.2) is 0 Å². The molecule has 3 heteroatoms. The van der Waals surface area contributed by atoms with Crippen LogP contribution in [0.15, 0.2) is 36.4 Å². The number of hydrogen-bond acceptors (Lipinski definition) is 1. The van der Waals surface area contributed by atoms with Crippen LogP contribution in [0.2, 0.25) is 5.02 Å². The Morgan fingerprint density at radius 3 is 2.69 bits per heavy atom. The lowest BCUT2D eigenvalue weighted by Gasteiger charge is -2.03. The second kappa shape index (κ2) is 3.42. The second-order valence-corrected chi connectivity index (χ2v) is 4.05. The van der Waals surface area contributed by atoms with Crippen LogP contribution in [0.25, 0.3) is 21.8 Å². The summed E-state index contributed by atoms with van der Waals surface area (Å²) in [7, 11) is 1.63. The molecular weight excluding hydrogens is 222 g/mol. The van der Waals surface area contributed by atoms with E-state index >= 15 is 0 Å². The molecular formula is C13H10ClNO. The van der Waals surface area contributed by atoms with Gasteiger partial charge in [-0.2, -0.15) is 0 Å². The molecule has 0 unspecified atom stereocenters. The lowest BCUT2D eigenvalue weighted by molar-refractivity contribution is 0.415. The molecule has 0 bridgehead atoms. The maximum Gasteiger partial charge on any atom is 0.138 e. The molecule has 0 aliphatic rings. The molecule has 0 saturated heterocycles. The van der Waals surface area contributed by atoms with Crippen LogP contribution in [0.1, 0.15) is 0 Å². The summed E-state index contributed by atoms with van der Waals surface area (Å²) in [5.41, 5.74) is 2.12. The van der Waals surface area contributed by atoms with Crippen molar-refractivity contribution in [3.05, 3.63) is 41.4 Å². The number of benzene rings is 2. The van der Waals surface area contributed by atoms with Crippen molar-refractivity contribution in [3.8, 4) is 5.75 Å². The first kappa shape index (κ1) is 9.55. The third kappa shape index (κ3) is 1.20. The van der Waals surface area contributed by atoms with Crippen LogP contribution < -0.4 is 4.74 Å². The number of H-pyrrole nitrogens is 1. The summed E-state index contributed by atoms with van der Waals surface area (Å²) in [5, 5.41) is 2.82. The van der Waals surface area contributed by atoms with Crippen LogP contribution >= 0.6 is 11.6 Å². The zero-order valence-electron chi connectivity index (χ0n) is 8.75. The van der Waals surface area contributed by atoms with Crippen molar-refractivity contribution in [3.63, 3.8) is 0 Å². The Hall–Kier alpha value is -1.67. The number of halogens is 1. The quantitative estimate of drug-likeness (QED) is 0.673. The number of aromatic nitrogens is 1. The van der Waals surface area contributed by atoms with Gasteiger partial charge in [0.25, 0.3) is 0 Å². The van der Waals surface area contributed by atoms with E-state index in [0.29, 0.717) is 10.8 Å². The third-order valence-electron chi connectivity index (χ3n) is 2.79. The Morgan fingerprint density at radius 2 is 1.88 bits per heavy atom. The van der Waals surface area contributed by atoms with Crippen LogP contribution in [0, 0.1) is 0 Å². The molecule has 0 saturated carbocycles. The van der Waals surface area contributed by atoms with Crippen molar-refractivity contribution < 1.29 is 4.74 Å². The number of ether oxygens (including phenoxy) is 1. The maximum atomic E-state index is 6.32. The van der Waals surface area contributed by atoms with Crippen molar-refractivity contribution >= 4 is 33.4 Å². The van der Waals surface area contributed by atoms with Gasteiger partial charge < -0.3 is 9.72 Å². The maximum absolute atomic E-state index is 6.32. The summed E-state index contributed by atoms with van der Waals surface area (Å²) in [4.78, 5) is 3.33. The Labute approximate surface area is 97.8 Å². The summed E-state index contributed by atoms with van der Waals surface area (Å²) in [6, 6.07) is 12.0. The highest BCUT2D eigenvalue weighted by Crippen LogP contribution is 2.37. The molecule has 3 aromatic rings. The molecule has 0 aliphatic heterocycles. The number of nitrogens with one attached hydrogen (secondary N) is 1. The largest absolute Gasteiger partial charge is 0.495 e. The highest BCUT2D eigenvalue weighted by atomic mass is 35.5. The molecule has 0 radical (unpaired) electrons. The van der Waals surface area contributed by atoms with Gasteiger partial charge in [-0.25, -0.2) is 0 Å². The summed E-state index contributed by atoms with van der Waals surface area (Å²) in [6.45, 7) is 0. The molecule has 0 amide bonds. The monoisotopic (exact) mass is 231 g/mol. The zero-order chi connectivity index (χ0) is 11.1. The van der Waals surface area contributed by atoms with E-state index in [4.69, 9.17) is 16.3 Å². The SMILES string of the molecule is COc1ccc2[nH]c3ccccc3c2c1Cl. The van der Waals surface area contributed by atoms with E-state index < -0.39 is 0 Å². The van der Waals surface area contributed by atoms with E-state index in [1.54, 1.807) is 7.11 Å². The van der Waals surface area contributed by atoms with Gasteiger partial charge in [0.1, 0.15) is 5.75 Å². The van der Waals surface area contributed by atoms with Gasteiger partial charge in [-0.05, 0) is 18.2 Å². The van der Waals surface area contributed by atoms with Crippen LogP contribution in [0.4, 0.5) is 0 Å². The predicted octanol–water partition coefficient (Wildman–Crippen LogP) is 3.98. The molecule has 0 fully saturated rings. The zero-order valence-corrected chi connectivity index (χ0v) is 9.51. The first-order valence-electron chi connectivity index (χ1n) is 5.04. The summed E-state index contributed by atoms with van der Waals surface area (Å²) in [6.07, 6.45) is 0. The Kier molecular flexibility index (Phi) is 2.04. The van der Waals surface area contributed by atoms with Gasteiger partial charge in [0.2, 0.25) is 0 Å². The van der Waals surface area contributed by atoms with Crippen LogP contribution in [0.3, 0.4) is 0 Å². The standard InChI is InChI=1S/C13H10ClNO/c1-16-11-7-6-10-12(13(11)14)8-4-2-3-5-9(8)15-10/h2-7,15H,1H3.